The van der Waals surface area contributed by atoms with E-state index in [1.54, 1.807) is 6.20 Å². The van der Waals surface area contributed by atoms with E-state index in [-0.39, 0.29) is 12.0 Å². The molecule has 0 saturated carbocycles. The van der Waals surface area contributed by atoms with Gasteiger partial charge in [0, 0.05) is 55.6 Å². The minimum Gasteiger partial charge on any atom is -0.374 e. The largest absolute Gasteiger partial charge is 0.374 e. The number of aryl methyl sites for hydroxylation is 1. The minimum atomic E-state index is -0.467. The second-order valence-electron chi connectivity index (χ2n) is 10.7. The van der Waals surface area contributed by atoms with Crippen LogP contribution in [0.3, 0.4) is 0 Å². The molecule has 0 aliphatic carbocycles. The van der Waals surface area contributed by atoms with Crippen molar-refractivity contribution in [3.63, 3.8) is 0 Å². The predicted octanol–water partition coefficient (Wildman–Crippen LogP) is 7.31. The van der Waals surface area contributed by atoms with Gasteiger partial charge in [-0.15, -0.1) is 0 Å². The van der Waals surface area contributed by atoms with E-state index in [9.17, 15) is 8.78 Å². The topological polar surface area (TPSA) is 40.0 Å². The van der Waals surface area contributed by atoms with Crippen molar-refractivity contribution in [3.8, 4) is 0 Å². The van der Waals surface area contributed by atoms with Crippen molar-refractivity contribution in [1.82, 2.24) is 10.2 Å². The zero-order chi connectivity index (χ0) is 27.9. The number of unbranched alkanes of at least 4 members (excludes halogenated alkanes) is 1. The van der Waals surface area contributed by atoms with Crippen LogP contribution in [0.25, 0.3) is 0 Å². The first-order chi connectivity index (χ1) is 18.3. The number of hydrogen-bond acceptors (Lipinski definition) is 4. The first kappa shape index (κ1) is 31.6. The fraction of sp³-hybridized carbons (Fsp3) is 0.562. The Kier molecular flexibility index (Phi) is 14.2. The molecule has 1 aromatic rings. The van der Waals surface area contributed by atoms with Gasteiger partial charge in [0.1, 0.15) is 11.6 Å². The third-order valence-electron chi connectivity index (χ3n) is 7.46. The summed E-state index contributed by atoms with van der Waals surface area (Å²) in [5, 5.41) is 3.25. The van der Waals surface area contributed by atoms with E-state index in [1.165, 1.54) is 12.1 Å². The Labute approximate surface area is 229 Å². The quantitative estimate of drug-likeness (QED) is 0.117. The van der Waals surface area contributed by atoms with Crippen LogP contribution in [0, 0.1) is 23.5 Å². The molecule has 2 rings (SSSR count). The highest BCUT2D eigenvalue weighted by molar-refractivity contribution is 5.78. The molecular formula is C32H48F2N4. The Hall–Kier alpha value is -2.60. The van der Waals surface area contributed by atoms with Crippen LogP contribution in [-0.2, 0) is 12.8 Å². The van der Waals surface area contributed by atoms with Gasteiger partial charge in [0.15, 0.2) is 0 Å². The smallest absolute Gasteiger partial charge is 0.129 e. The van der Waals surface area contributed by atoms with Crippen LogP contribution >= 0.6 is 0 Å². The minimum absolute atomic E-state index is 0.117. The lowest BCUT2D eigenvalue weighted by Crippen LogP contribution is -2.46. The van der Waals surface area contributed by atoms with Crippen molar-refractivity contribution in [2.75, 3.05) is 33.2 Å². The van der Waals surface area contributed by atoms with Crippen molar-refractivity contribution in [2.24, 2.45) is 21.8 Å². The van der Waals surface area contributed by atoms with Crippen LogP contribution < -0.4 is 5.32 Å². The Bertz CT molecular complexity index is 953. The number of benzene rings is 1. The van der Waals surface area contributed by atoms with Crippen LogP contribution in [0.1, 0.15) is 69.9 Å². The summed E-state index contributed by atoms with van der Waals surface area (Å²) in [5.41, 5.74) is 3.86. The van der Waals surface area contributed by atoms with Gasteiger partial charge in [-0.2, -0.15) is 0 Å². The SMILES string of the molecule is C=N/C=C(\C=N/CCC(CCCCc1cc(F)c(CC(=C)N2CC(C(=C)C)C2)c(F)c1)CCNC)CCC. The van der Waals surface area contributed by atoms with Crippen LogP contribution in [0.15, 0.2) is 58.3 Å². The number of aliphatic imine (C=N–C) groups is 2. The van der Waals surface area contributed by atoms with Crippen LogP contribution in [-0.4, -0.2) is 51.1 Å². The molecule has 0 spiro atoms. The van der Waals surface area contributed by atoms with Gasteiger partial charge in [-0.3, -0.25) is 9.98 Å². The van der Waals surface area contributed by atoms with Crippen molar-refractivity contribution in [1.29, 1.82) is 0 Å². The van der Waals surface area contributed by atoms with E-state index in [1.807, 2.05) is 20.2 Å². The predicted molar refractivity (Wildman–Crippen MR) is 159 cm³/mol. The standard InChI is InChI=1S/C32H48F2N4/c1-7-10-28(20-36-6)21-37-16-14-26(13-15-35-5)11-8-9-12-27-18-31(33)30(32(34)19-27)17-25(4)38-22-29(23-38)24(2)3/h18-21,26,29,35H,2,4,6-17,22-23H2,1,3,5H3/b28-20-,37-21-. The number of rotatable bonds is 19. The Morgan fingerprint density at radius 2 is 1.87 bits per heavy atom. The van der Waals surface area contributed by atoms with Crippen LogP contribution in [0.4, 0.5) is 8.78 Å². The lowest BCUT2D eigenvalue weighted by Gasteiger charge is -2.42. The van der Waals surface area contributed by atoms with Gasteiger partial charge in [-0.05, 0) is 88.5 Å². The molecule has 1 N–H and O–H groups in total. The van der Waals surface area contributed by atoms with Gasteiger partial charge < -0.3 is 10.2 Å². The van der Waals surface area contributed by atoms with Gasteiger partial charge in [0.25, 0.3) is 0 Å². The first-order valence-electron chi connectivity index (χ1n) is 14.1. The molecule has 1 saturated heterocycles. The van der Waals surface area contributed by atoms with Gasteiger partial charge >= 0.3 is 0 Å². The molecule has 38 heavy (non-hydrogen) atoms. The van der Waals surface area contributed by atoms with Crippen LogP contribution in [0.5, 0.6) is 0 Å². The number of likely N-dealkylation sites (tertiary alicyclic amines) is 1. The van der Waals surface area contributed by atoms with Crippen molar-refractivity contribution in [2.45, 2.75) is 71.6 Å². The van der Waals surface area contributed by atoms with E-state index in [2.05, 4.69) is 47.0 Å². The van der Waals surface area contributed by atoms with Gasteiger partial charge in [-0.25, -0.2) is 8.78 Å². The summed E-state index contributed by atoms with van der Waals surface area (Å²) in [5.74, 6) is 0.0886. The average Bonchev–Trinajstić information content (AvgIpc) is 2.83. The summed E-state index contributed by atoms with van der Waals surface area (Å²) < 4.78 is 29.6. The number of nitrogens with one attached hydrogen (secondary N) is 1. The lowest BCUT2D eigenvalue weighted by molar-refractivity contribution is 0.167. The highest BCUT2D eigenvalue weighted by Crippen LogP contribution is 2.28. The molecule has 1 unspecified atom stereocenters. The van der Waals surface area contributed by atoms with E-state index >= 15 is 0 Å². The van der Waals surface area contributed by atoms with Gasteiger partial charge in [-0.1, -0.05) is 44.9 Å². The summed E-state index contributed by atoms with van der Waals surface area (Å²) in [6.45, 7) is 19.2. The fourth-order valence-electron chi connectivity index (χ4n) is 4.88. The fourth-order valence-corrected chi connectivity index (χ4v) is 4.88. The van der Waals surface area contributed by atoms with Gasteiger partial charge in [0.2, 0.25) is 0 Å². The summed E-state index contributed by atoms with van der Waals surface area (Å²) in [6.07, 6.45) is 11.8. The molecule has 0 radical (unpaired) electrons. The second kappa shape index (κ2) is 17.1. The summed E-state index contributed by atoms with van der Waals surface area (Å²) >= 11 is 0. The molecule has 1 aliphatic rings. The summed E-state index contributed by atoms with van der Waals surface area (Å²) in [4.78, 5) is 10.6. The number of halogens is 2. The molecule has 210 valence electrons. The maximum Gasteiger partial charge on any atom is 0.129 e. The molecule has 1 fully saturated rings. The maximum absolute atomic E-state index is 14.8. The number of hydrogen-bond donors (Lipinski definition) is 1. The molecule has 1 aliphatic heterocycles. The van der Waals surface area contributed by atoms with E-state index < -0.39 is 11.6 Å². The highest BCUT2D eigenvalue weighted by atomic mass is 19.1. The number of allylic oxidation sites excluding steroid dienone is 2. The van der Waals surface area contributed by atoms with Crippen molar-refractivity contribution >= 4 is 12.9 Å². The first-order valence-corrected chi connectivity index (χ1v) is 14.1. The van der Waals surface area contributed by atoms with Gasteiger partial charge in [0.05, 0.1) is 0 Å². The molecule has 6 heteroatoms. The molecule has 1 atom stereocenters. The molecule has 4 nitrogen and oxygen atoms in total. The molecule has 1 heterocycles. The number of nitrogens with zero attached hydrogens (tertiary/aromatic N) is 3. The normalized spacial score (nSPS) is 15.1. The highest BCUT2D eigenvalue weighted by Gasteiger charge is 2.28. The third kappa shape index (κ3) is 10.6. The van der Waals surface area contributed by atoms with Crippen molar-refractivity contribution in [3.05, 3.63) is 71.1 Å². The average molecular weight is 527 g/mol. The molecule has 0 amide bonds. The molecular weight excluding hydrogens is 478 g/mol. The third-order valence-corrected chi connectivity index (χ3v) is 7.46. The van der Waals surface area contributed by atoms with E-state index in [0.29, 0.717) is 18.3 Å². The summed E-state index contributed by atoms with van der Waals surface area (Å²) in [7, 11) is 1.98. The molecule has 0 aromatic heterocycles. The maximum atomic E-state index is 14.8. The zero-order valence-corrected chi connectivity index (χ0v) is 23.9. The molecule has 1 aromatic carbocycles. The second-order valence-corrected chi connectivity index (χ2v) is 10.7. The van der Waals surface area contributed by atoms with Crippen LogP contribution in [0.2, 0.25) is 0 Å². The lowest BCUT2D eigenvalue weighted by atomic mass is 9.91. The summed E-state index contributed by atoms with van der Waals surface area (Å²) in [6, 6.07) is 3.01. The Morgan fingerprint density at radius 1 is 1.16 bits per heavy atom. The van der Waals surface area contributed by atoms with E-state index in [0.717, 1.165) is 93.5 Å². The monoisotopic (exact) mass is 526 g/mol. The molecule has 0 bridgehead atoms. The zero-order valence-electron chi connectivity index (χ0n) is 23.9. The van der Waals surface area contributed by atoms with Crippen molar-refractivity contribution < 1.29 is 8.78 Å². The Balaban J connectivity index is 1.81. The Morgan fingerprint density at radius 3 is 2.47 bits per heavy atom. The van der Waals surface area contributed by atoms with E-state index in [4.69, 9.17) is 0 Å².